The Morgan fingerprint density at radius 3 is 2.50 bits per heavy atom. The summed E-state index contributed by atoms with van der Waals surface area (Å²) in [6.45, 7) is 0.0666. The number of para-hydroxylation sites is 1. The second kappa shape index (κ2) is 6.16. The molecule has 26 heavy (non-hydrogen) atoms. The average Bonchev–Trinajstić information content (AvgIpc) is 2.97. The highest BCUT2D eigenvalue weighted by Crippen LogP contribution is 2.34. The van der Waals surface area contributed by atoms with Gasteiger partial charge in [0.05, 0.1) is 17.7 Å². The first-order chi connectivity index (χ1) is 12.4. The van der Waals surface area contributed by atoms with Crippen molar-refractivity contribution in [1.29, 1.82) is 0 Å². The number of rotatable bonds is 2. The molecule has 2 aromatic rings. The van der Waals surface area contributed by atoms with Crippen LogP contribution in [0.25, 0.3) is 0 Å². The van der Waals surface area contributed by atoms with Crippen molar-refractivity contribution in [2.75, 3.05) is 18.0 Å². The summed E-state index contributed by atoms with van der Waals surface area (Å²) in [6.07, 6.45) is 1.09. The molecule has 2 amide bonds. The number of likely N-dealkylation sites (tertiary alicyclic amines) is 1. The van der Waals surface area contributed by atoms with Gasteiger partial charge >= 0.3 is 0 Å². The number of benzene rings is 1. The molecule has 0 saturated carbocycles. The van der Waals surface area contributed by atoms with Crippen molar-refractivity contribution in [2.45, 2.75) is 25.2 Å². The van der Waals surface area contributed by atoms with Gasteiger partial charge in [0.15, 0.2) is 0 Å². The van der Waals surface area contributed by atoms with E-state index < -0.39 is 5.92 Å². The monoisotopic (exact) mass is 357 g/mol. The molecular formula is C19H17F2N3O2. The molecular weight excluding hydrogens is 340 g/mol. The maximum absolute atomic E-state index is 13.2. The van der Waals surface area contributed by atoms with Crippen LogP contribution in [0, 0.1) is 0 Å². The number of alkyl halides is 2. The van der Waals surface area contributed by atoms with Gasteiger partial charge in [0.25, 0.3) is 11.8 Å². The second-order valence-corrected chi connectivity index (χ2v) is 6.59. The molecule has 5 nitrogen and oxygen atoms in total. The fourth-order valence-corrected chi connectivity index (χ4v) is 3.37. The minimum absolute atomic E-state index is 0.0333. The molecule has 0 unspecified atom stereocenters. The molecule has 1 saturated heterocycles. The number of amides is 2. The summed E-state index contributed by atoms with van der Waals surface area (Å²) < 4.78 is 26.5. The number of carbonyl (C=O) groups excluding carboxylic acids is 2. The fraction of sp³-hybridized carbons (Fsp3) is 0.316. The molecule has 2 aliphatic rings. The van der Waals surface area contributed by atoms with Crippen LogP contribution in [0.1, 0.15) is 28.8 Å². The van der Waals surface area contributed by atoms with E-state index in [1.807, 2.05) is 24.3 Å². The molecule has 0 radical (unpaired) electrons. The quantitative estimate of drug-likeness (QED) is 0.830. The van der Waals surface area contributed by atoms with E-state index >= 15 is 0 Å². The summed E-state index contributed by atoms with van der Waals surface area (Å²) >= 11 is 0. The van der Waals surface area contributed by atoms with Crippen molar-refractivity contribution in [3.05, 3.63) is 53.7 Å². The van der Waals surface area contributed by atoms with Crippen molar-refractivity contribution < 1.29 is 18.4 Å². The zero-order valence-electron chi connectivity index (χ0n) is 14.0. The highest BCUT2D eigenvalue weighted by molar-refractivity contribution is 6.06. The normalized spacial score (nSPS) is 18.8. The lowest BCUT2D eigenvalue weighted by Crippen LogP contribution is -2.42. The Labute approximate surface area is 149 Å². The fourth-order valence-electron chi connectivity index (χ4n) is 3.37. The van der Waals surface area contributed by atoms with E-state index in [2.05, 4.69) is 4.98 Å². The van der Waals surface area contributed by atoms with Gasteiger partial charge in [-0.3, -0.25) is 14.5 Å². The lowest BCUT2D eigenvalue weighted by Gasteiger charge is -2.31. The number of aromatic nitrogens is 1. The Kier molecular flexibility index (Phi) is 3.94. The van der Waals surface area contributed by atoms with Crippen molar-refractivity contribution in [3.63, 3.8) is 0 Å². The largest absolute Gasteiger partial charge is 0.338 e. The van der Waals surface area contributed by atoms with E-state index in [0.717, 1.165) is 11.3 Å². The second-order valence-electron chi connectivity index (χ2n) is 6.59. The van der Waals surface area contributed by atoms with E-state index in [1.165, 1.54) is 16.0 Å². The van der Waals surface area contributed by atoms with Crippen LogP contribution in [0.15, 0.2) is 42.6 Å². The minimum Gasteiger partial charge on any atom is -0.338 e. The Morgan fingerprint density at radius 1 is 1.08 bits per heavy atom. The number of hydrogen-bond donors (Lipinski definition) is 0. The molecule has 0 spiro atoms. The molecule has 0 atom stereocenters. The highest BCUT2D eigenvalue weighted by Gasteiger charge is 2.36. The zero-order chi connectivity index (χ0) is 18.3. The van der Waals surface area contributed by atoms with E-state index in [9.17, 15) is 18.4 Å². The molecule has 1 fully saturated rings. The van der Waals surface area contributed by atoms with Gasteiger partial charge in [-0.2, -0.15) is 0 Å². The maximum atomic E-state index is 13.2. The Hall–Kier alpha value is -2.83. The van der Waals surface area contributed by atoms with Gasteiger partial charge < -0.3 is 4.90 Å². The molecule has 1 aromatic heterocycles. The molecule has 0 aliphatic carbocycles. The smallest absolute Gasteiger partial charge is 0.255 e. The van der Waals surface area contributed by atoms with E-state index in [4.69, 9.17) is 0 Å². The van der Waals surface area contributed by atoms with Gasteiger partial charge in [0.2, 0.25) is 5.91 Å². The summed E-state index contributed by atoms with van der Waals surface area (Å²) in [5.41, 5.74) is 2.06. The van der Waals surface area contributed by atoms with E-state index in [1.54, 1.807) is 12.1 Å². The van der Waals surface area contributed by atoms with Crippen molar-refractivity contribution >= 4 is 23.3 Å². The summed E-state index contributed by atoms with van der Waals surface area (Å²) in [4.78, 5) is 32.0. The third kappa shape index (κ3) is 2.94. The number of halogens is 2. The third-order valence-corrected chi connectivity index (χ3v) is 4.83. The van der Waals surface area contributed by atoms with Crippen LogP contribution in [-0.4, -0.2) is 40.7 Å². The summed E-state index contributed by atoms with van der Waals surface area (Å²) in [5.74, 6) is -2.63. The molecule has 0 bridgehead atoms. The predicted molar refractivity (Wildman–Crippen MR) is 91.6 cm³/mol. The number of piperidine rings is 1. The lowest BCUT2D eigenvalue weighted by molar-refractivity contribution is -0.116. The maximum Gasteiger partial charge on any atom is 0.255 e. The number of pyridine rings is 1. The highest BCUT2D eigenvalue weighted by atomic mass is 19.3. The first-order valence-electron chi connectivity index (χ1n) is 8.49. The van der Waals surface area contributed by atoms with Crippen LogP contribution in [0.5, 0.6) is 0 Å². The number of carbonyl (C=O) groups is 2. The van der Waals surface area contributed by atoms with Crippen LogP contribution < -0.4 is 4.90 Å². The average molecular weight is 357 g/mol. The number of fused-ring (bicyclic) bond motifs is 1. The molecule has 3 heterocycles. The van der Waals surface area contributed by atoms with Crippen LogP contribution in [-0.2, 0) is 11.2 Å². The van der Waals surface area contributed by atoms with Crippen molar-refractivity contribution in [1.82, 2.24) is 9.88 Å². The number of anilines is 2. The van der Waals surface area contributed by atoms with Crippen LogP contribution in [0.2, 0.25) is 0 Å². The molecule has 7 heteroatoms. The molecule has 2 aliphatic heterocycles. The zero-order valence-corrected chi connectivity index (χ0v) is 14.0. The first kappa shape index (κ1) is 16.6. The van der Waals surface area contributed by atoms with Crippen LogP contribution in [0.4, 0.5) is 20.3 Å². The van der Waals surface area contributed by atoms with Gasteiger partial charge in [0.1, 0.15) is 5.82 Å². The Balaban J connectivity index is 1.53. The van der Waals surface area contributed by atoms with Crippen LogP contribution in [0.3, 0.4) is 0 Å². The van der Waals surface area contributed by atoms with Crippen molar-refractivity contribution in [2.24, 2.45) is 0 Å². The van der Waals surface area contributed by atoms with Gasteiger partial charge in [-0.05, 0) is 23.8 Å². The number of hydrogen-bond acceptors (Lipinski definition) is 3. The molecule has 134 valence electrons. The predicted octanol–water partition coefficient (Wildman–Crippen LogP) is 3.17. The minimum atomic E-state index is -2.69. The third-order valence-electron chi connectivity index (χ3n) is 4.83. The first-order valence-corrected chi connectivity index (χ1v) is 8.49. The Morgan fingerprint density at radius 2 is 1.81 bits per heavy atom. The molecule has 1 aromatic carbocycles. The summed E-state index contributed by atoms with van der Waals surface area (Å²) in [7, 11) is 0. The van der Waals surface area contributed by atoms with E-state index in [-0.39, 0.29) is 37.7 Å². The summed E-state index contributed by atoms with van der Waals surface area (Å²) in [6, 6.07) is 10.7. The summed E-state index contributed by atoms with van der Waals surface area (Å²) in [5, 5.41) is 0. The van der Waals surface area contributed by atoms with Gasteiger partial charge in [-0.15, -0.1) is 0 Å². The van der Waals surface area contributed by atoms with Crippen molar-refractivity contribution in [3.8, 4) is 0 Å². The number of nitrogens with zero attached hydrogens (tertiary/aromatic N) is 3. The lowest BCUT2D eigenvalue weighted by atomic mass is 10.1. The van der Waals surface area contributed by atoms with Gasteiger partial charge in [0, 0.05) is 32.1 Å². The van der Waals surface area contributed by atoms with Gasteiger partial charge in [-0.1, -0.05) is 18.2 Å². The van der Waals surface area contributed by atoms with Crippen LogP contribution >= 0.6 is 0 Å². The van der Waals surface area contributed by atoms with Gasteiger partial charge in [-0.25, -0.2) is 13.8 Å². The standard InChI is InChI=1S/C19H17F2N3O2/c20-19(21)7-9-23(10-8-19)18(26)14-5-6-16(22-12-14)24-15-4-2-1-3-13(15)11-17(24)25/h1-6,12H,7-11H2. The SMILES string of the molecule is O=C(c1ccc(N2C(=O)Cc3ccccc32)nc1)N1CCC(F)(F)CC1. The molecule has 0 N–H and O–H groups in total. The Bertz CT molecular complexity index is 857. The van der Waals surface area contributed by atoms with E-state index in [0.29, 0.717) is 17.8 Å². The molecule has 4 rings (SSSR count). The topological polar surface area (TPSA) is 53.5 Å².